The van der Waals surface area contributed by atoms with E-state index in [2.05, 4.69) is 21.3 Å². The quantitative estimate of drug-likeness (QED) is 0.133. The van der Waals surface area contributed by atoms with E-state index in [1.54, 1.807) is 41.5 Å². The maximum atomic E-state index is 12.9. The van der Waals surface area contributed by atoms with Crippen LogP contribution in [0.1, 0.15) is 78.4 Å². The van der Waals surface area contributed by atoms with Gasteiger partial charge in [0.15, 0.2) is 0 Å². The van der Waals surface area contributed by atoms with Crippen LogP contribution in [0.25, 0.3) is 0 Å². The summed E-state index contributed by atoms with van der Waals surface area (Å²) in [4.78, 5) is 50.2. The van der Waals surface area contributed by atoms with Gasteiger partial charge in [-0.3, -0.25) is 0 Å². The molecule has 4 amide bonds. The second kappa shape index (κ2) is 19.1. The number of ether oxygens (including phenoxy) is 4. The van der Waals surface area contributed by atoms with Crippen LogP contribution in [0.4, 0.5) is 19.2 Å². The van der Waals surface area contributed by atoms with Gasteiger partial charge in [-0.15, -0.1) is 0 Å². The van der Waals surface area contributed by atoms with Crippen molar-refractivity contribution in [2.24, 2.45) is 0 Å². The first-order valence-electron chi connectivity index (χ1n) is 15.6. The highest BCUT2D eigenvalue weighted by molar-refractivity contribution is 5.70. The number of hydrogen-bond donors (Lipinski definition) is 4. The topological polar surface area (TPSA) is 153 Å². The average molecular weight is 643 g/mol. The zero-order chi connectivity index (χ0) is 34.0. The fourth-order valence-corrected chi connectivity index (χ4v) is 4.23. The van der Waals surface area contributed by atoms with E-state index < -0.39 is 47.7 Å². The lowest BCUT2D eigenvalue weighted by molar-refractivity contribution is 0.0513. The molecule has 0 aliphatic heterocycles. The number of carbonyl (C=O) groups is 4. The summed E-state index contributed by atoms with van der Waals surface area (Å²) in [7, 11) is 0. The van der Waals surface area contributed by atoms with Crippen molar-refractivity contribution in [3.05, 3.63) is 71.8 Å². The molecule has 0 radical (unpaired) electrons. The predicted octanol–water partition coefficient (Wildman–Crippen LogP) is 6.19. The lowest BCUT2D eigenvalue weighted by atomic mass is 9.98. The summed E-state index contributed by atoms with van der Waals surface area (Å²) in [6, 6.07) is 17.3. The number of carbonyl (C=O) groups excluding carboxylic acids is 4. The second-order valence-electron chi connectivity index (χ2n) is 12.8. The minimum atomic E-state index is -0.662. The molecule has 0 bridgehead atoms. The van der Waals surface area contributed by atoms with E-state index in [0.29, 0.717) is 25.7 Å². The Balaban J connectivity index is 2.11. The Kier molecular flexibility index (Phi) is 15.7. The molecule has 12 heteroatoms. The van der Waals surface area contributed by atoms with Crippen LogP contribution >= 0.6 is 0 Å². The first kappa shape index (κ1) is 37.7. The maximum Gasteiger partial charge on any atom is 0.407 e. The maximum absolute atomic E-state index is 12.9. The van der Waals surface area contributed by atoms with Gasteiger partial charge in [0.25, 0.3) is 0 Å². The first-order chi connectivity index (χ1) is 21.7. The molecule has 0 saturated carbocycles. The third-order valence-corrected chi connectivity index (χ3v) is 6.24. The van der Waals surface area contributed by atoms with Crippen LogP contribution < -0.4 is 21.3 Å². The van der Waals surface area contributed by atoms with Crippen molar-refractivity contribution in [1.29, 1.82) is 0 Å². The van der Waals surface area contributed by atoms with Gasteiger partial charge in [0.1, 0.15) is 24.4 Å². The molecule has 2 rings (SSSR count). The van der Waals surface area contributed by atoms with E-state index in [9.17, 15) is 19.2 Å². The van der Waals surface area contributed by atoms with E-state index >= 15 is 0 Å². The van der Waals surface area contributed by atoms with Crippen LogP contribution in [0.2, 0.25) is 0 Å². The SMILES string of the molecule is CC(C)(C)OC(=O)NCCCC(NC(=O)OCc1ccccc1)C(CCCNC(=O)OC(C)(C)C)NC(=O)OCc1ccccc1. The molecule has 0 aromatic heterocycles. The van der Waals surface area contributed by atoms with Gasteiger partial charge < -0.3 is 40.2 Å². The molecule has 2 atom stereocenters. The van der Waals surface area contributed by atoms with Crippen molar-refractivity contribution in [1.82, 2.24) is 21.3 Å². The largest absolute Gasteiger partial charge is 0.445 e. The molecule has 46 heavy (non-hydrogen) atoms. The van der Waals surface area contributed by atoms with Crippen molar-refractivity contribution in [3.8, 4) is 0 Å². The van der Waals surface area contributed by atoms with Crippen LogP contribution in [0.15, 0.2) is 60.7 Å². The van der Waals surface area contributed by atoms with Crippen molar-refractivity contribution in [2.75, 3.05) is 13.1 Å². The Morgan fingerprint density at radius 3 is 1.24 bits per heavy atom. The molecule has 254 valence electrons. The molecule has 0 fully saturated rings. The highest BCUT2D eigenvalue weighted by atomic mass is 16.6. The Hall–Kier alpha value is -4.48. The number of amides is 4. The van der Waals surface area contributed by atoms with Crippen molar-refractivity contribution in [2.45, 2.75) is 104 Å². The lowest BCUT2D eigenvalue weighted by Gasteiger charge is -2.29. The highest BCUT2D eigenvalue weighted by Crippen LogP contribution is 2.13. The molecule has 0 saturated heterocycles. The summed E-state index contributed by atoms with van der Waals surface area (Å²) in [5, 5.41) is 11.2. The Bertz CT molecular complexity index is 1120. The summed E-state index contributed by atoms with van der Waals surface area (Å²) in [5.41, 5.74) is 0.365. The molecule has 0 aliphatic rings. The summed E-state index contributed by atoms with van der Waals surface area (Å²) >= 11 is 0. The molecular formula is C34H50N4O8. The molecule has 0 aliphatic carbocycles. The van der Waals surface area contributed by atoms with Crippen LogP contribution in [-0.2, 0) is 32.2 Å². The standard InChI is InChI=1S/C34H50N4O8/c1-33(2,3)45-29(39)35-21-13-19-27(37-31(41)43-23-25-15-9-7-10-16-25)28(20-14-22-36-30(40)46-34(4,5)6)38-32(42)44-24-26-17-11-8-12-18-26/h7-12,15-18,27-28H,13-14,19-24H2,1-6H3,(H,35,39)(H,36,40)(H,37,41)(H,38,42). The van der Waals surface area contributed by atoms with Crippen LogP contribution in [0.3, 0.4) is 0 Å². The van der Waals surface area contributed by atoms with E-state index in [4.69, 9.17) is 18.9 Å². The minimum absolute atomic E-state index is 0.0661. The molecule has 0 spiro atoms. The number of rotatable bonds is 15. The van der Waals surface area contributed by atoms with Crippen LogP contribution in [0.5, 0.6) is 0 Å². The fourth-order valence-electron chi connectivity index (χ4n) is 4.23. The Morgan fingerprint density at radius 1 is 0.565 bits per heavy atom. The van der Waals surface area contributed by atoms with Crippen LogP contribution in [-0.4, -0.2) is 60.7 Å². The van der Waals surface area contributed by atoms with E-state index in [1.807, 2.05) is 60.7 Å². The molecule has 2 unspecified atom stereocenters. The van der Waals surface area contributed by atoms with Gasteiger partial charge in [-0.25, -0.2) is 19.2 Å². The molecule has 4 N–H and O–H groups in total. The third kappa shape index (κ3) is 17.7. The van der Waals surface area contributed by atoms with Gasteiger partial charge in [0, 0.05) is 13.1 Å². The van der Waals surface area contributed by atoms with Gasteiger partial charge in [0.05, 0.1) is 12.1 Å². The van der Waals surface area contributed by atoms with Crippen LogP contribution in [0, 0.1) is 0 Å². The van der Waals surface area contributed by atoms with Gasteiger partial charge in [-0.2, -0.15) is 0 Å². The van der Waals surface area contributed by atoms with Crippen molar-refractivity contribution >= 4 is 24.4 Å². The summed E-state index contributed by atoms with van der Waals surface area (Å²) < 4.78 is 21.5. The van der Waals surface area contributed by atoms with Gasteiger partial charge in [-0.1, -0.05) is 60.7 Å². The minimum Gasteiger partial charge on any atom is -0.445 e. The van der Waals surface area contributed by atoms with Crippen molar-refractivity contribution < 1.29 is 38.1 Å². The molecular weight excluding hydrogens is 592 g/mol. The van der Waals surface area contributed by atoms with E-state index in [-0.39, 0.29) is 26.3 Å². The number of alkyl carbamates (subject to hydrolysis) is 4. The lowest BCUT2D eigenvalue weighted by Crippen LogP contribution is -2.52. The zero-order valence-corrected chi connectivity index (χ0v) is 27.9. The van der Waals surface area contributed by atoms with E-state index in [0.717, 1.165) is 11.1 Å². The predicted molar refractivity (Wildman–Crippen MR) is 174 cm³/mol. The summed E-state index contributed by atoms with van der Waals surface area (Å²) in [5.74, 6) is 0. The second-order valence-corrected chi connectivity index (χ2v) is 12.8. The molecule has 0 heterocycles. The average Bonchev–Trinajstić information content (AvgIpc) is 2.97. The van der Waals surface area contributed by atoms with Crippen molar-refractivity contribution in [3.63, 3.8) is 0 Å². The summed E-state index contributed by atoms with van der Waals surface area (Å²) in [6.07, 6.45) is -0.764. The highest BCUT2D eigenvalue weighted by Gasteiger charge is 2.27. The number of nitrogens with one attached hydrogen (secondary N) is 4. The number of benzene rings is 2. The van der Waals surface area contributed by atoms with E-state index in [1.165, 1.54) is 0 Å². The summed E-state index contributed by atoms with van der Waals surface area (Å²) in [6.45, 7) is 11.3. The van der Waals surface area contributed by atoms with Gasteiger partial charge in [-0.05, 0) is 78.4 Å². The first-order valence-corrected chi connectivity index (χ1v) is 15.6. The fraction of sp³-hybridized carbons (Fsp3) is 0.529. The monoisotopic (exact) mass is 642 g/mol. The Labute approximate surface area is 272 Å². The number of hydrogen-bond acceptors (Lipinski definition) is 8. The molecule has 12 nitrogen and oxygen atoms in total. The van der Waals surface area contributed by atoms with Gasteiger partial charge in [0.2, 0.25) is 0 Å². The Morgan fingerprint density at radius 2 is 0.913 bits per heavy atom. The smallest absolute Gasteiger partial charge is 0.407 e. The normalized spacial score (nSPS) is 12.6. The van der Waals surface area contributed by atoms with Gasteiger partial charge >= 0.3 is 24.4 Å². The molecule has 2 aromatic carbocycles. The third-order valence-electron chi connectivity index (χ3n) is 6.24. The zero-order valence-electron chi connectivity index (χ0n) is 27.9. The molecule has 2 aromatic rings.